The second kappa shape index (κ2) is 8.42. The molecule has 0 saturated carbocycles. The number of nitrogens with zero attached hydrogens (tertiary/aromatic N) is 5. The minimum Gasteiger partial charge on any atom is -0.488 e. The smallest absolute Gasteiger partial charge is 0.256 e. The molecule has 2 atom stereocenters. The Labute approximate surface area is 186 Å². The number of carbonyl (C=O) groups excluding carboxylic acids is 1. The lowest BCUT2D eigenvalue weighted by atomic mass is 9.99. The topological polar surface area (TPSA) is 73.1 Å². The number of likely N-dealkylation sites (tertiary alicyclic amines) is 1. The highest BCUT2D eigenvalue weighted by molar-refractivity contribution is 5.98. The van der Waals surface area contributed by atoms with Gasteiger partial charge >= 0.3 is 0 Å². The minimum atomic E-state index is -0.0868. The molecule has 32 heavy (non-hydrogen) atoms. The third-order valence-corrected chi connectivity index (χ3v) is 6.02. The van der Waals surface area contributed by atoms with Gasteiger partial charge in [-0.2, -0.15) is 15.0 Å². The molecule has 1 amide bonds. The van der Waals surface area contributed by atoms with Crippen molar-refractivity contribution in [2.75, 3.05) is 6.54 Å². The number of para-hydroxylation sites is 1. The highest BCUT2D eigenvalue weighted by Gasteiger charge is 2.32. The Bertz CT molecular complexity index is 1250. The highest BCUT2D eigenvalue weighted by Crippen LogP contribution is 2.29. The Morgan fingerprint density at radius 1 is 1.03 bits per heavy atom. The SMILES string of the molecule is Cc1ccc2nccc(O[C@@H]3CC[C@@H](C)N(C(=O)c4ccccc4-n4nccn4)C3)c2c1. The molecule has 0 N–H and O–H groups in total. The molecule has 162 valence electrons. The largest absolute Gasteiger partial charge is 0.488 e. The lowest BCUT2D eigenvalue weighted by Gasteiger charge is -2.38. The van der Waals surface area contributed by atoms with Gasteiger partial charge in [-0.3, -0.25) is 9.78 Å². The van der Waals surface area contributed by atoms with Crippen LogP contribution in [-0.4, -0.2) is 49.5 Å². The summed E-state index contributed by atoms with van der Waals surface area (Å²) in [6.07, 6.45) is 6.67. The number of pyridine rings is 1. The highest BCUT2D eigenvalue weighted by atomic mass is 16.5. The number of ether oxygens (including phenoxy) is 1. The third-order valence-electron chi connectivity index (χ3n) is 6.02. The zero-order chi connectivity index (χ0) is 22.1. The number of aryl methyl sites for hydroxylation is 1. The van der Waals surface area contributed by atoms with E-state index < -0.39 is 0 Å². The van der Waals surface area contributed by atoms with Crippen molar-refractivity contribution in [3.05, 3.63) is 78.2 Å². The Balaban J connectivity index is 1.40. The average Bonchev–Trinajstić information content (AvgIpc) is 3.35. The van der Waals surface area contributed by atoms with E-state index in [1.165, 1.54) is 4.80 Å². The number of hydrogen-bond acceptors (Lipinski definition) is 5. The predicted octanol–water partition coefficient (Wildman–Crippen LogP) is 4.20. The number of carbonyl (C=O) groups is 1. The van der Waals surface area contributed by atoms with Crippen molar-refractivity contribution in [2.24, 2.45) is 0 Å². The van der Waals surface area contributed by atoms with E-state index in [4.69, 9.17) is 4.74 Å². The van der Waals surface area contributed by atoms with Crippen LogP contribution in [0, 0.1) is 6.92 Å². The van der Waals surface area contributed by atoms with Crippen LogP contribution in [0.3, 0.4) is 0 Å². The number of benzene rings is 2. The first kappa shape index (κ1) is 20.2. The summed E-state index contributed by atoms with van der Waals surface area (Å²) in [6.45, 7) is 4.68. The van der Waals surface area contributed by atoms with Crippen LogP contribution in [0.25, 0.3) is 16.6 Å². The number of amides is 1. The molecule has 5 rings (SSSR count). The molecule has 2 aromatic carbocycles. The van der Waals surface area contributed by atoms with Gasteiger partial charge in [0, 0.05) is 17.6 Å². The van der Waals surface area contributed by atoms with Crippen LogP contribution in [0.5, 0.6) is 5.75 Å². The molecule has 1 saturated heterocycles. The Morgan fingerprint density at radius 3 is 2.69 bits per heavy atom. The number of hydrogen-bond donors (Lipinski definition) is 0. The van der Waals surface area contributed by atoms with Gasteiger partial charge < -0.3 is 9.64 Å². The summed E-state index contributed by atoms with van der Waals surface area (Å²) in [5.74, 6) is 0.779. The normalized spacial score (nSPS) is 18.6. The molecule has 0 unspecified atom stereocenters. The van der Waals surface area contributed by atoms with Crippen LogP contribution in [0.15, 0.2) is 67.1 Å². The van der Waals surface area contributed by atoms with Crippen molar-refractivity contribution in [3.63, 3.8) is 0 Å². The van der Waals surface area contributed by atoms with E-state index in [1.807, 2.05) is 47.4 Å². The average molecular weight is 428 g/mol. The Morgan fingerprint density at radius 2 is 1.84 bits per heavy atom. The van der Waals surface area contributed by atoms with Crippen LogP contribution >= 0.6 is 0 Å². The van der Waals surface area contributed by atoms with Crippen molar-refractivity contribution < 1.29 is 9.53 Å². The quantitative estimate of drug-likeness (QED) is 0.488. The van der Waals surface area contributed by atoms with Crippen molar-refractivity contribution >= 4 is 16.8 Å². The van der Waals surface area contributed by atoms with Gasteiger partial charge in [0.15, 0.2) is 0 Å². The van der Waals surface area contributed by atoms with Gasteiger partial charge in [0.25, 0.3) is 5.91 Å². The first-order valence-electron chi connectivity index (χ1n) is 10.9. The maximum absolute atomic E-state index is 13.6. The molecule has 7 heteroatoms. The van der Waals surface area contributed by atoms with Gasteiger partial charge in [0.05, 0.1) is 35.7 Å². The zero-order valence-corrected chi connectivity index (χ0v) is 18.2. The summed E-state index contributed by atoms with van der Waals surface area (Å²) < 4.78 is 6.43. The molecular formula is C25H25N5O2. The summed E-state index contributed by atoms with van der Waals surface area (Å²) in [5.41, 5.74) is 3.33. The molecule has 3 heterocycles. The minimum absolute atomic E-state index is 0.0332. The molecule has 1 aliphatic heterocycles. The van der Waals surface area contributed by atoms with Crippen LogP contribution in [-0.2, 0) is 0 Å². The van der Waals surface area contributed by atoms with Gasteiger partial charge in [-0.1, -0.05) is 23.8 Å². The van der Waals surface area contributed by atoms with Crippen molar-refractivity contribution in [2.45, 2.75) is 38.8 Å². The molecule has 1 fully saturated rings. The Hall–Kier alpha value is -3.74. The second-order valence-corrected chi connectivity index (χ2v) is 8.29. The lowest BCUT2D eigenvalue weighted by Crippen LogP contribution is -2.49. The van der Waals surface area contributed by atoms with Crippen LogP contribution in [0.2, 0.25) is 0 Å². The van der Waals surface area contributed by atoms with E-state index in [9.17, 15) is 4.79 Å². The maximum Gasteiger partial charge on any atom is 0.256 e. The van der Waals surface area contributed by atoms with Crippen molar-refractivity contribution in [1.82, 2.24) is 24.9 Å². The third kappa shape index (κ3) is 3.82. The predicted molar refractivity (Wildman–Crippen MR) is 122 cm³/mol. The molecule has 4 aromatic rings. The number of rotatable bonds is 4. The van der Waals surface area contributed by atoms with E-state index in [2.05, 4.69) is 35.1 Å². The fourth-order valence-electron chi connectivity index (χ4n) is 4.29. The van der Waals surface area contributed by atoms with E-state index >= 15 is 0 Å². The number of aromatic nitrogens is 4. The first-order valence-corrected chi connectivity index (χ1v) is 10.9. The molecule has 2 aromatic heterocycles. The van der Waals surface area contributed by atoms with Crippen LogP contribution < -0.4 is 4.74 Å². The zero-order valence-electron chi connectivity index (χ0n) is 18.2. The van der Waals surface area contributed by atoms with Crippen LogP contribution in [0.4, 0.5) is 0 Å². The molecule has 1 aliphatic rings. The maximum atomic E-state index is 13.6. The number of fused-ring (bicyclic) bond motifs is 1. The molecule has 0 bridgehead atoms. The first-order chi connectivity index (χ1) is 15.6. The summed E-state index contributed by atoms with van der Waals surface area (Å²) in [4.78, 5) is 21.4. The summed E-state index contributed by atoms with van der Waals surface area (Å²) in [7, 11) is 0. The van der Waals surface area contributed by atoms with Gasteiger partial charge in [0.2, 0.25) is 0 Å². The lowest BCUT2D eigenvalue weighted by molar-refractivity contribution is 0.0388. The molecule has 7 nitrogen and oxygen atoms in total. The fraction of sp³-hybridized carbons (Fsp3) is 0.280. The van der Waals surface area contributed by atoms with E-state index in [1.54, 1.807) is 18.6 Å². The Kier molecular flexibility index (Phi) is 5.31. The molecule has 0 spiro atoms. The van der Waals surface area contributed by atoms with Crippen molar-refractivity contribution in [3.8, 4) is 11.4 Å². The fourth-order valence-corrected chi connectivity index (χ4v) is 4.29. The molecule has 0 radical (unpaired) electrons. The van der Waals surface area contributed by atoms with E-state index in [0.717, 1.165) is 35.1 Å². The summed E-state index contributed by atoms with van der Waals surface area (Å²) >= 11 is 0. The van der Waals surface area contributed by atoms with Gasteiger partial charge in [-0.25, -0.2) is 0 Å². The summed E-state index contributed by atoms with van der Waals surface area (Å²) in [6, 6.07) is 15.6. The second-order valence-electron chi connectivity index (χ2n) is 8.29. The van der Waals surface area contributed by atoms with E-state index in [0.29, 0.717) is 17.8 Å². The summed E-state index contributed by atoms with van der Waals surface area (Å²) in [5, 5.41) is 9.41. The molecular weight excluding hydrogens is 402 g/mol. The standard InChI is InChI=1S/C25H25N5O2/c1-17-7-10-22-21(15-17)24(11-12-26-22)32-19-9-8-18(2)29(16-19)25(31)20-5-3-4-6-23(20)30-27-13-14-28-30/h3-7,10-15,18-19H,8-9,16H2,1-2H3/t18-,19-/m1/s1. The monoisotopic (exact) mass is 427 g/mol. The molecule has 0 aliphatic carbocycles. The van der Waals surface area contributed by atoms with Crippen LogP contribution in [0.1, 0.15) is 35.7 Å². The van der Waals surface area contributed by atoms with Crippen molar-refractivity contribution in [1.29, 1.82) is 0 Å². The van der Waals surface area contributed by atoms with Gasteiger partial charge in [-0.15, -0.1) is 0 Å². The van der Waals surface area contributed by atoms with Gasteiger partial charge in [-0.05, 0) is 57.0 Å². The van der Waals surface area contributed by atoms with Gasteiger partial charge in [0.1, 0.15) is 11.9 Å². The number of piperidine rings is 1. The van der Waals surface area contributed by atoms with E-state index in [-0.39, 0.29) is 18.1 Å².